The lowest BCUT2D eigenvalue weighted by atomic mass is 9.95. The minimum absolute atomic E-state index is 0.581. The van der Waals surface area contributed by atoms with Gasteiger partial charge in [-0.25, -0.2) is 0 Å². The second-order valence-corrected chi connectivity index (χ2v) is 14.4. The second kappa shape index (κ2) is 7.49. The molecule has 2 aromatic rings. The topological polar surface area (TPSA) is 34.1 Å². The van der Waals surface area contributed by atoms with Crippen molar-refractivity contribution in [3.8, 4) is 0 Å². The molecular weight excluding hydrogens is 358 g/mol. The second-order valence-electron chi connectivity index (χ2n) is 8.15. The van der Waals surface area contributed by atoms with Crippen LogP contribution in [0.4, 0.5) is 0 Å². The molecule has 0 aliphatic carbocycles. The number of rotatable bonds is 5. The normalized spacial score (nSPS) is 34.2. The van der Waals surface area contributed by atoms with E-state index in [-0.39, 0.29) is 0 Å². The molecule has 2 aromatic carbocycles. The summed E-state index contributed by atoms with van der Waals surface area (Å²) in [5.74, 6) is 1.16. The molecule has 2 fully saturated rings. The molecule has 0 saturated carbocycles. The summed E-state index contributed by atoms with van der Waals surface area (Å²) in [6, 6.07) is 20.1. The van der Waals surface area contributed by atoms with Gasteiger partial charge < -0.3 is 9.13 Å². The highest BCUT2D eigenvalue weighted by Gasteiger charge is 2.38. The van der Waals surface area contributed by atoms with Crippen LogP contribution in [0.1, 0.15) is 25.7 Å². The van der Waals surface area contributed by atoms with Gasteiger partial charge in [0.1, 0.15) is 14.3 Å². The van der Waals surface area contributed by atoms with Crippen molar-refractivity contribution in [3.63, 3.8) is 0 Å². The maximum Gasteiger partial charge on any atom is 0.115 e. The first-order valence-corrected chi connectivity index (χ1v) is 14.0. The van der Waals surface area contributed by atoms with Crippen LogP contribution in [0.15, 0.2) is 60.7 Å². The third-order valence-electron chi connectivity index (χ3n) is 6.34. The Hall–Kier alpha value is -1.10. The third-order valence-corrected chi connectivity index (χ3v) is 13.0. The first-order valence-electron chi connectivity index (χ1n) is 9.85. The number of benzene rings is 2. The highest BCUT2D eigenvalue weighted by molar-refractivity contribution is 7.72. The lowest BCUT2D eigenvalue weighted by molar-refractivity contribution is 0.440. The van der Waals surface area contributed by atoms with E-state index in [4.69, 9.17) is 0 Å². The van der Waals surface area contributed by atoms with E-state index in [0.29, 0.717) is 11.8 Å². The van der Waals surface area contributed by atoms with E-state index in [9.17, 15) is 9.13 Å². The summed E-state index contributed by atoms with van der Waals surface area (Å²) in [4.78, 5) is 0. The van der Waals surface area contributed by atoms with Gasteiger partial charge >= 0.3 is 0 Å². The maximum atomic E-state index is 13.3. The van der Waals surface area contributed by atoms with Gasteiger partial charge in [0.25, 0.3) is 0 Å². The third kappa shape index (κ3) is 3.78. The van der Waals surface area contributed by atoms with Crippen molar-refractivity contribution in [3.05, 3.63) is 60.7 Å². The molecule has 0 spiro atoms. The molecule has 138 valence electrons. The van der Waals surface area contributed by atoms with Crippen LogP contribution in [0.5, 0.6) is 0 Å². The first kappa shape index (κ1) is 18.3. The monoisotopic (exact) mass is 386 g/mol. The van der Waals surface area contributed by atoms with E-state index in [2.05, 4.69) is 0 Å². The Labute approximate surface area is 157 Å². The van der Waals surface area contributed by atoms with Crippen LogP contribution in [0.2, 0.25) is 0 Å². The summed E-state index contributed by atoms with van der Waals surface area (Å²) in [6.45, 7) is 0. The Balaban J connectivity index is 1.32. The van der Waals surface area contributed by atoms with Gasteiger partial charge in [-0.15, -0.1) is 0 Å². The zero-order chi connectivity index (χ0) is 18.0. The summed E-state index contributed by atoms with van der Waals surface area (Å²) in [5, 5.41) is 2.13. The van der Waals surface area contributed by atoms with Crippen molar-refractivity contribution < 1.29 is 9.13 Å². The van der Waals surface area contributed by atoms with Crippen LogP contribution in [0.25, 0.3) is 0 Å². The van der Waals surface area contributed by atoms with Crippen molar-refractivity contribution in [2.45, 2.75) is 25.7 Å². The van der Waals surface area contributed by atoms with E-state index < -0.39 is 14.3 Å². The van der Waals surface area contributed by atoms with E-state index in [1.807, 2.05) is 60.7 Å². The fourth-order valence-corrected chi connectivity index (χ4v) is 11.5. The van der Waals surface area contributed by atoms with Gasteiger partial charge in [0.05, 0.1) is 0 Å². The van der Waals surface area contributed by atoms with Gasteiger partial charge in [0.2, 0.25) is 0 Å². The lowest BCUT2D eigenvalue weighted by Crippen LogP contribution is -2.09. The Morgan fingerprint density at radius 3 is 1.42 bits per heavy atom. The van der Waals surface area contributed by atoms with Crippen molar-refractivity contribution in [1.82, 2.24) is 0 Å². The van der Waals surface area contributed by atoms with E-state index in [0.717, 1.165) is 60.9 Å². The molecule has 4 rings (SSSR count). The predicted molar refractivity (Wildman–Crippen MR) is 112 cm³/mol. The summed E-state index contributed by atoms with van der Waals surface area (Å²) in [6.07, 6.45) is 7.97. The molecule has 2 aliphatic heterocycles. The van der Waals surface area contributed by atoms with E-state index in [1.54, 1.807) is 0 Å². The minimum Gasteiger partial charge on any atom is -0.319 e. The Kier molecular flexibility index (Phi) is 5.27. The fraction of sp³-hybridized carbons (Fsp3) is 0.455. The molecule has 4 heteroatoms. The molecule has 0 aromatic heterocycles. The smallest absolute Gasteiger partial charge is 0.115 e. The molecule has 2 heterocycles. The van der Waals surface area contributed by atoms with Gasteiger partial charge in [0, 0.05) is 35.3 Å². The Bertz CT molecular complexity index is 760. The lowest BCUT2D eigenvalue weighted by Gasteiger charge is -2.16. The Morgan fingerprint density at radius 2 is 1.04 bits per heavy atom. The SMILES string of the molecule is O=P1(c2ccccc2)CCC(CCC2CCP(=O)(c3ccccc3)C2)C1. The predicted octanol–water partition coefficient (Wildman–Crippen LogP) is 5.18. The van der Waals surface area contributed by atoms with Crippen molar-refractivity contribution in [2.24, 2.45) is 11.8 Å². The molecule has 0 N–H and O–H groups in total. The number of hydrogen-bond acceptors (Lipinski definition) is 2. The molecule has 0 amide bonds. The van der Waals surface area contributed by atoms with Gasteiger partial charge in [-0.05, 0) is 37.5 Å². The average molecular weight is 386 g/mol. The Morgan fingerprint density at radius 1 is 0.654 bits per heavy atom. The van der Waals surface area contributed by atoms with Gasteiger partial charge in [-0.2, -0.15) is 0 Å². The van der Waals surface area contributed by atoms with E-state index >= 15 is 0 Å². The minimum atomic E-state index is -2.17. The molecule has 2 nitrogen and oxygen atoms in total. The molecule has 4 unspecified atom stereocenters. The highest BCUT2D eigenvalue weighted by Crippen LogP contribution is 2.56. The molecule has 26 heavy (non-hydrogen) atoms. The molecular formula is C22H28O2P2. The standard InChI is InChI=1S/C22H28O2P2/c23-25(21-7-3-1-4-8-21)15-13-19(17-25)11-12-20-14-16-26(24,18-20)22-9-5-2-6-10-22/h1-10,19-20H,11-18H2. The zero-order valence-corrected chi connectivity index (χ0v) is 17.1. The first-order chi connectivity index (χ1) is 12.6. The van der Waals surface area contributed by atoms with Gasteiger partial charge in [0.15, 0.2) is 0 Å². The fourth-order valence-electron chi connectivity index (χ4n) is 4.79. The van der Waals surface area contributed by atoms with Crippen LogP contribution in [0.3, 0.4) is 0 Å². The van der Waals surface area contributed by atoms with Gasteiger partial charge in [-0.1, -0.05) is 60.7 Å². The highest BCUT2D eigenvalue weighted by atomic mass is 31.2. The van der Waals surface area contributed by atoms with Crippen LogP contribution < -0.4 is 10.6 Å². The largest absolute Gasteiger partial charge is 0.319 e. The summed E-state index contributed by atoms with van der Waals surface area (Å²) in [7, 11) is -4.34. The molecule has 4 atom stereocenters. The quantitative estimate of drug-likeness (QED) is 0.663. The zero-order valence-electron chi connectivity index (χ0n) is 15.3. The summed E-state index contributed by atoms with van der Waals surface area (Å²) >= 11 is 0. The summed E-state index contributed by atoms with van der Waals surface area (Å²) < 4.78 is 26.5. The molecule has 2 aliphatic rings. The van der Waals surface area contributed by atoms with Crippen molar-refractivity contribution in [1.29, 1.82) is 0 Å². The maximum absolute atomic E-state index is 13.3. The number of hydrogen-bond donors (Lipinski definition) is 0. The van der Waals surface area contributed by atoms with Gasteiger partial charge in [-0.3, -0.25) is 0 Å². The average Bonchev–Trinajstić information content (AvgIpc) is 3.26. The van der Waals surface area contributed by atoms with Crippen molar-refractivity contribution >= 4 is 24.9 Å². The van der Waals surface area contributed by atoms with E-state index in [1.165, 1.54) is 0 Å². The van der Waals surface area contributed by atoms with Crippen LogP contribution in [-0.4, -0.2) is 24.6 Å². The molecule has 0 bridgehead atoms. The molecule has 2 saturated heterocycles. The van der Waals surface area contributed by atoms with Crippen LogP contribution in [-0.2, 0) is 9.13 Å². The summed E-state index contributed by atoms with van der Waals surface area (Å²) in [5.41, 5.74) is 0. The van der Waals surface area contributed by atoms with Crippen molar-refractivity contribution in [2.75, 3.05) is 24.6 Å². The van der Waals surface area contributed by atoms with Crippen LogP contribution in [0, 0.1) is 11.8 Å². The van der Waals surface area contributed by atoms with Crippen LogP contribution >= 0.6 is 14.3 Å². The molecule has 0 radical (unpaired) electrons.